The van der Waals surface area contributed by atoms with Crippen molar-refractivity contribution in [3.05, 3.63) is 51.4 Å². The predicted molar refractivity (Wildman–Crippen MR) is 140 cm³/mol. The summed E-state index contributed by atoms with van der Waals surface area (Å²) in [5, 5.41) is 10.6. The number of aliphatic hydroxyl groups is 1. The third-order valence-electron chi connectivity index (χ3n) is 8.61. The van der Waals surface area contributed by atoms with Gasteiger partial charge >= 0.3 is 0 Å². The highest BCUT2D eigenvalue weighted by atomic mass is 32.1. The van der Waals surface area contributed by atoms with E-state index in [1.807, 2.05) is 38.1 Å². The monoisotopic (exact) mass is 493 g/mol. The minimum absolute atomic E-state index is 0.0415. The van der Waals surface area contributed by atoms with E-state index < -0.39 is 5.60 Å². The van der Waals surface area contributed by atoms with Crippen LogP contribution in [-0.2, 0) is 6.42 Å². The maximum Gasteiger partial charge on any atom is 0.275 e. The van der Waals surface area contributed by atoms with Crippen LogP contribution in [0, 0.1) is 12.8 Å². The van der Waals surface area contributed by atoms with Gasteiger partial charge in [-0.1, -0.05) is 0 Å². The van der Waals surface area contributed by atoms with Gasteiger partial charge in [-0.05, 0) is 108 Å². The second kappa shape index (κ2) is 8.71. The van der Waals surface area contributed by atoms with Crippen molar-refractivity contribution < 1.29 is 9.84 Å². The molecule has 3 aromatic rings. The molecule has 2 aliphatic heterocycles. The SMILES string of the molecule is Cc1cc(-n2cnc3cc(CCC(C)(O)C4CC4)sc3c2=O)ccc1OC1C[C@H]2CC[C@@H](C1)N2C. The Labute approximate surface area is 210 Å². The van der Waals surface area contributed by atoms with Crippen LogP contribution in [0.4, 0.5) is 0 Å². The minimum Gasteiger partial charge on any atom is -0.490 e. The molecular formula is C28H35N3O3S. The number of hydrogen-bond acceptors (Lipinski definition) is 6. The molecule has 3 aliphatic rings. The standard InChI is InChI=1S/C28H35N3O3S/c1-17-12-21(8-9-25(17)34-22-13-19-6-7-20(14-22)30(19)3)31-16-29-24-15-23(35-26(24)27(31)32)10-11-28(2,33)18-4-5-18/h8-9,12,15-16,18-20,22,33H,4-7,10-11,13-14H2,1-3H3/t19-,20+,22?,28?. The summed E-state index contributed by atoms with van der Waals surface area (Å²) in [5.41, 5.74) is 1.93. The van der Waals surface area contributed by atoms with Gasteiger partial charge in [-0.15, -0.1) is 11.3 Å². The zero-order valence-electron chi connectivity index (χ0n) is 20.9. The Morgan fingerprint density at radius 1 is 1.17 bits per heavy atom. The van der Waals surface area contributed by atoms with Crippen LogP contribution >= 0.6 is 11.3 Å². The molecule has 3 fully saturated rings. The maximum atomic E-state index is 13.3. The summed E-state index contributed by atoms with van der Waals surface area (Å²) >= 11 is 1.51. The first kappa shape index (κ1) is 23.2. The molecule has 0 spiro atoms. The van der Waals surface area contributed by atoms with E-state index in [9.17, 15) is 9.90 Å². The second-order valence-corrected chi connectivity index (χ2v) is 12.3. The molecule has 1 N–H and O–H groups in total. The smallest absolute Gasteiger partial charge is 0.275 e. The van der Waals surface area contributed by atoms with Crippen molar-refractivity contribution in [3.8, 4) is 11.4 Å². The van der Waals surface area contributed by atoms with Crippen molar-refractivity contribution in [2.24, 2.45) is 5.92 Å². The summed E-state index contributed by atoms with van der Waals surface area (Å²) in [7, 11) is 2.25. The molecule has 6 nitrogen and oxygen atoms in total. The zero-order chi connectivity index (χ0) is 24.3. The van der Waals surface area contributed by atoms with Crippen molar-refractivity contribution >= 4 is 21.6 Å². The third-order valence-corrected chi connectivity index (χ3v) is 9.78. The Balaban J connectivity index is 1.20. The zero-order valence-corrected chi connectivity index (χ0v) is 21.7. The topological polar surface area (TPSA) is 67.6 Å². The number of nitrogens with zero attached hydrogens (tertiary/aromatic N) is 3. The minimum atomic E-state index is -0.613. The molecule has 6 rings (SSSR count). The number of fused-ring (bicyclic) bond motifs is 3. The van der Waals surface area contributed by atoms with Gasteiger partial charge in [0.2, 0.25) is 0 Å². The second-order valence-electron chi connectivity index (χ2n) is 11.2. The third kappa shape index (κ3) is 4.43. The van der Waals surface area contributed by atoms with E-state index in [0.29, 0.717) is 22.7 Å². The number of rotatable bonds is 7. The molecule has 1 aromatic carbocycles. The molecule has 186 valence electrons. The van der Waals surface area contributed by atoms with Crippen LogP contribution < -0.4 is 10.3 Å². The first-order valence-corrected chi connectivity index (χ1v) is 13.8. The van der Waals surface area contributed by atoms with E-state index >= 15 is 0 Å². The van der Waals surface area contributed by atoms with Crippen molar-refractivity contribution in [2.45, 2.75) is 89.0 Å². The van der Waals surface area contributed by atoms with Crippen molar-refractivity contribution in [3.63, 3.8) is 0 Å². The molecule has 7 heteroatoms. The lowest BCUT2D eigenvalue weighted by molar-refractivity contribution is 0.0286. The van der Waals surface area contributed by atoms with Crippen LogP contribution in [0.2, 0.25) is 0 Å². The summed E-state index contributed by atoms with van der Waals surface area (Å²) < 4.78 is 8.75. The molecule has 35 heavy (non-hydrogen) atoms. The molecule has 1 aliphatic carbocycles. The Morgan fingerprint density at radius 3 is 2.60 bits per heavy atom. The summed E-state index contributed by atoms with van der Waals surface area (Å²) in [6.45, 7) is 3.99. The average molecular weight is 494 g/mol. The van der Waals surface area contributed by atoms with Crippen LogP contribution in [0.1, 0.15) is 62.3 Å². The fraction of sp³-hybridized carbons (Fsp3) is 0.571. The highest BCUT2D eigenvalue weighted by Crippen LogP contribution is 2.42. The normalized spacial score (nSPS) is 26.2. The highest BCUT2D eigenvalue weighted by Gasteiger charge is 2.40. The number of piperidine rings is 1. The van der Waals surface area contributed by atoms with Gasteiger partial charge < -0.3 is 14.7 Å². The Bertz CT molecular complexity index is 1290. The van der Waals surface area contributed by atoms with Crippen LogP contribution in [-0.4, -0.2) is 50.4 Å². The first-order chi connectivity index (χ1) is 16.8. The van der Waals surface area contributed by atoms with E-state index in [2.05, 4.69) is 16.9 Å². The van der Waals surface area contributed by atoms with Crippen molar-refractivity contribution in [2.75, 3.05) is 7.05 Å². The number of aromatic nitrogens is 2. The van der Waals surface area contributed by atoms with Gasteiger partial charge in [0.15, 0.2) is 0 Å². The average Bonchev–Trinajstić information content (AvgIpc) is 3.57. The lowest BCUT2D eigenvalue weighted by Crippen LogP contribution is -2.43. The molecule has 2 bridgehead atoms. The molecule has 0 radical (unpaired) electrons. The van der Waals surface area contributed by atoms with E-state index in [-0.39, 0.29) is 11.7 Å². The number of hydrogen-bond donors (Lipinski definition) is 1. The predicted octanol–water partition coefficient (Wildman–Crippen LogP) is 4.85. The molecule has 4 heterocycles. The van der Waals surface area contributed by atoms with Gasteiger partial charge in [0.05, 0.1) is 16.8 Å². The maximum absolute atomic E-state index is 13.3. The lowest BCUT2D eigenvalue weighted by Gasteiger charge is -2.36. The van der Waals surface area contributed by atoms with E-state index in [0.717, 1.165) is 65.9 Å². The van der Waals surface area contributed by atoms with Crippen LogP contribution in [0.25, 0.3) is 15.9 Å². The summed E-state index contributed by atoms with van der Waals surface area (Å²) in [6.07, 6.45) is 10.4. The largest absolute Gasteiger partial charge is 0.490 e. The number of ether oxygens (including phenoxy) is 1. The van der Waals surface area contributed by atoms with Crippen LogP contribution in [0.5, 0.6) is 5.75 Å². The lowest BCUT2D eigenvalue weighted by atomic mass is 9.94. The highest BCUT2D eigenvalue weighted by molar-refractivity contribution is 7.18. The van der Waals surface area contributed by atoms with E-state index in [1.165, 1.54) is 24.2 Å². The van der Waals surface area contributed by atoms with Crippen LogP contribution in [0.3, 0.4) is 0 Å². The van der Waals surface area contributed by atoms with Gasteiger partial charge in [-0.3, -0.25) is 9.36 Å². The van der Waals surface area contributed by atoms with E-state index in [4.69, 9.17) is 4.74 Å². The molecule has 4 atom stereocenters. The van der Waals surface area contributed by atoms with Gasteiger partial charge in [0, 0.05) is 17.0 Å². The van der Waals surface area contributed by atoms with Gasteiger partial charge in [-0.2, -0.15) is 0 Å². The Morgan fingerprint density at radius 2 is 1.91 bits per heavy atom. The van der Waals surface area contributed by atoms with Gasteiger partial charge in [-0.25, -0.2) is 4.98 Å². The number of benzene rings is 1. The van der Waals surface area contributed by atoms with Crippen molar-refractivity contribution in [1.82, 2.24) is 14.5 Å². The van der Waals surface area contributed by atoms with E-state index in [1.54, 1.807) is 10.9 Å². The molecule has 2 aromatic heterocycles. The molecule has 1 saturated carbocycles. The quantitative estimate of drug-likeness (QED) is 0.510. The Hall–Kier alpha value is -2.22. The Kier molecular flexibility index (Phi) is 5.78. The fourth-order valence-electron chi connectivity index (χ4n) is 6.11. The number of thiophene rings is 1. The fourth-order valence-corrected chi connectivity index (χ4v) is 7.15. The molecular weight excluding hydrogens is 458 g/mol. The molecule has 2 saturated heterocycles. The molecule has 2 unspecified atom stereocenters. The summed E-state index contributed by atoms with van der Waals surface area (Å²) in [5.74, 6) is 1.34. The summed E-state index contributed by atoms with van der Waals surface area (Å²) in [4.78, 5) is 21.5. The van der Waals surface area contributed by atoms with Gasteiger partial charge in [0.1, 0.15) is 22.9 Å². The van der Waals surface area contributed by atoms with Crippen molar-refractivity contribution in [1.29, 1.82) is 0 Å². The number of aryl methyl sites for hydroxylation is 2. The van der Waals surface area contributed by atoms with Crippen LogP contribution in [0.15, 0.2) is 35.4 Å². The molecule has 0 amide bonds. The first-order valence-electron chi connectivity index (χ1n) is 13.0. The summed E-state index contributed by atoms with van der Waals surface area (Å²) in [6, 6.07) is 9.28. The van der Waals surface area contributed by atoms with Gasteiger partial charge in [0.25, 0.3) is 5.56 Å².